The van der Waals surface area contributed by atoms with Gasteiger partial charge in [-0.1, -0.05) is 0 Å². The Balaban J connectivity index is 2.73. The third-order valence-corrected chi connectivity index (χ3v) is 1.53. The van der Waals surface area contributed by atoms with Crippen molar-refractivity contribution in [3.05, 3.63) is 24.0 Å². The molecule has 1 aromatic rings. The average molecular weight is 151 g/mol. The molecule has 0 radical (unpaired) electrons. The average Bonchev–Trinajstić information content (AvgIpc) is 2.37. The molecule has 0 aliphatic rings. The smallest absolute Gasteiger partial charge is 0.413 e. The van der Waals surface area contributed by atoms with Crippen molar-refractivity contribution < 1.29 is 9.82 Å². The monoisotopic (exact) mass is 151 g/mol. The second-order valence-corrected chi connectivity index (χ2v) is 2.47. The lowest BCUT2D eigenvalue weighted by atomic mass is 9.89. The minimum Gasteiger partial charge on any atom is -0.432 e. The Kier molecular flexibility index (Phi) is 2.49. The summed E-state index contributed by atoms with van der Waals surface area (Å²) < 4.78 is 1.65. The number of hydrogen-bond donors (Lipinski definition) is 1. The first kappa shape index (κ1) is 8.08. The van der Waals surface area contributed by atoms with E-state index in [-0.39, 0.29) is 0 Å². The molecule has 0 spiro atoms. The fourth-order valence-corrected chi connectivity index (χ4v) is 0.909. The molecule has 0 fully saturated rings. The summed E-state index contributed by atoms with van der Waals surface area (Å²) in [7, 11) is -0.518. The van der Waals surface area contributed by atoms with Gasteiger partial charge in [-0.25, -0.2) is 0 Å². The number of carbonyl (C=O) groups is 1. The van der Waals surface area contributed by atoms with Crippen LogP contribution >= 0.6 is 0 Å². The molecule has 0 aliphatic heterocycles. The summed E-state index contributed by atoms with van der Waals surface area (Å²) in [6.07, 6.45) is 4.78. The number of aromatic nitrogens is 1. The van der Waals surface area contributed by atoms with Gasteiger partial charge in [-0.05, 0) is 30.8 Å². The molecule has 0 amide bonds. The van der Waals surface area contributed by atoms with Crippen LogP contribution in [0.4, 0.5) is 0 Å². The van der Waals surface area contributed by atoms with Crippen LogP contribution in [-0.4, -0.2) is 22.8 Å². The predicted molar refractivity (Wildman–Crippen MR) is 43.4 cm³/mol. The van der Waals surface area contributed by atoms with E-state index in [4.69, 9.17) is 5.02 Å². The normalized spacial score (nSPS) is 9.64. The summed E-state index contributed by atoms with van der Waals surface area (Å²) in [5.41, 5.74) is 0.931. The van der Waals surface area contributed by atoms with Gasteiger partial charge in [-0.15, -0.1) is 0 Å². The lowest BCUT2D eigenvalue weighted by molar-refractivity contribution is -0.107. The molecule has 3 nitrogen and oxygen atoms in total. The molecule has 1 rings (SSSR count). The third-order valence-electron chi connectivity index (χ3n) is 1.53. The SMILES string of the molecule is CB(O)n1ccc(CC=O)c1. The van der Waals surface area contributed by atoms with E-state index in [0.29, 0.717) is 6.42 Å². The third kappa shape index (κ3) is 1.95. The Morgan fingerprint density at radius 1 is 1.82 bits per heavy atom. The lowest BCUT2D eigenvalue weighted by Gasteiger charge is -1.98. The molecule has 0 atom stereocenters. The van der Waals surface area contributed by atoms with E-state index in [1.165, 1.54) is 0 Å². The second-order valence-electron chi connectivity index (χ2n) is 2.47. The topological polar surface area (TPSA) is 42.2 Å². The fraction of sp³-hybridized carbons (Fsp3) is 0.286. The van der Waals surface area contributed by atoms with Crippen LogP contribution in [0, 0.1) is 0 Å². The van der Waals surface area contributed by atoms with E-state index in [9.17, 15) is 4.79 Å². The van der Waals surface area contributed by atoms with Crippen molar-refractivity contribution in [2.24, 2.45) is 0 Å². The van der Waals surface area contributed by atoms with Crippen molar-refractivity contribution in [1.29, 1.82) is 0 Å². The molecular formula is C7H10BNO2. The van der Waals surface area contributed by atoms with Crippen molar-refractivity contribution in [3.63, 3.8) is 0 Å². The first-order chi connectivity index (χ1) is 5.24. The Morgan fingerprint density at radius 2 is 2.55 bits per heavy atom. The van der Waals surface area contributed by atoms with Gasteiger partial charge in [0, 0.05) is 6.42 Å². The van der Waals surface area contributed by atoms with Gasteiger partial charge in [0.25, 0.3) is 0 Å². The quantitative estimate of drug-likeness (QED) is 0.494. The van der Waals surface area contributed by atoms with Gasteiger partial charge in [-0.2, -0.15) is 0 Å². The van der Waals surface area contributed by atoms with Gasteiger partial charge in [0.05, 0.1) is 0 Å². The maximum Gasteiger partial charge on any atom is 0.413 e. The summed E-state index contributed by atoms with van der Waals surface area (Å²) in [5.74, 6) is 0. The van der Waals surface area contributed by atoms with E-state index < -0.39 is 7.05 Å². The number of aldehydes is 1. The van der Waals surface area contributed by atoms with Gasteiger partial charge < -0.3 is 14.3 Å². The number of hydrogen-bond acceptors (Lipinski definition) is 2. The largest absolute Gasteiger partial charge is 0.432 e. The molecule has 58 valence electrons. The maximum absolute atomic E-state index is 10.1. The lowest BCUT2D eigenvalue weighted by Crippen LogP contribution is -2.17. The van der Waals surface area contributed by atoms with Crippen molar-refractivity contribution >= 4 is 13.3 Å². The molecule has 0 aliphatic carbocycles. The fourth-order valence-electron chi connectivity index (χ4n) is 0.909. The Labute approximate surface area is 65.8 Å². The summed E-state index contributed by atoms with van der Waals surface area (Å²) in [5, 5.41) is 9.08. The van der Waals surface area contributed by atoms with Gasteiger partial charge >= 0.3 is 7.05 Å². The highest BCUT2D eigenvalue weighted by atomic mass is 16.2. The van der Waals surface area contributed by atoms with Crippen LogP contribution in [0.5, 0.6) is 0 Å². The van der Waals surface area contributed by atoms with Crippen LogP contribution in [0.2, 0.25) is 6.82 Å². The highest BCUT2D eigenvalue weighted by Gasteiger charge is 2.05. The molecule has 0 saturated heterocycles. The molecule has 0 aromatic carbocycles. The summed E-state index contributed by atoms with van der Waals surface area (Å²) in [6, 6.07) is 1.82. The highest BCUT2D eigenvalue weighted by Crippen LogP contribution is 2.00. The molecule has 4 heteroatoms. The Bertz CT molecular complexity index is 244. The van der Waals surface area contributed by atoms with Crippen molar-refractivity contribution in [1.82, 2.24) is 4.48 Å². The van der Waals surface area contributed by atoms with E-state index in [1.807, 2.05) is 6.07 Å². The first-order valence-corrected chi connectivity index (χ1v) is 3.52. The Morgan fingerprint density at radius 3 is 3.00 bits per heavy atom. The minimum atomic E-state index is -0.518. The number of nitrogens with zero attached hydrogens (tertiary/aromatic N) is 1. The zero-order valence-electron chi connectivity index (χ0n) is 6.40. The summed E-state index contributed by atoms with van der Waals surface area (Å²) >= 11 is 0. The minimum absolute atomic E-state index is 0.416. The van der Waals surface area contributed by atoms with E-state index in [2.05, 4.69) is 0 Å². The van der Waals surface area contributed by atoms with Gasteiger partial charge in [0.15, 0.2) is 0 Å². The van der Waals surface area contributed by atoms with E-state index in [0.717, 1.165) is 11.8 Å². The first-order valence-electron chi connectivity index (χ1n) is 3.52. The molecule has 1 heterocycles. The van der Waals surface area contributed by atoms with Crippen LogP contribution in [0.15, 0.2) is 18.5 Å². The maximum atomic E-state index is 10.1. The molecular weight excluding hydrogens is 141 g/mol. The van der Waals surface area contributed by atoms with E-state index >= 15 is 0 Å². The molecule has 1 N–H and O–H groups in total. The van der Waals surface area contributed by atoms with Gasteiger partial charge in [0.1, 0.15) is 6.29 Å². The predicted octanol–water partition coefficient (Wildman–Crippen LogP) is 0.188. The highest BCUT2D eigenvalue weighted by molar-refractivity contribution is 6.46. The number of carbonyl (C=O) groups excluding carboxylic acids is 1. The number of rotatable bonds is 3. The van der Waals surface area contributed by atoms with Crippen LogP contribution < -0.4 is 0 Å². The van der Waals surface area contributed by atoms with Crippen LogP contribution in [0.25, 0.3) is 0 Å². The molecule has 0 saturated carbocycles. The molecule has 0 unspecified atom stereocenters. The van der Waals surface area contributed by atoms with Crippen LogP contribution in [0.3, 0.4) is 0 Å². The van der Waals surface area contributed by atoms with Crippen molar-refractivity contribution in [2.45, 2.75) is 13.2 Å². The second kappa shape index (κ2) is 3.39. The van der Waals surface area contributed by atoms with Gasteiger partial charge in [-0.3, -0.25) is 0 Å². The zero-order valence-corrected chi connectivity index (χ0v) is 6.40. The molecule has 11 heavy (non-hydrogen) atoms. The summed E-state index contributed by atoms with van der Waals surface area (Å²) in [4.78, 5) is 10.1. The Hall–Kier alpha value is -1.03. The van der Waals surface area contributed by atoms with Crippen LogP contribution in [-0.2, 0) is 11.2 Å². The van der Waals surface area contributed by atoms with Crippen LogP contribution in [0.1, 0.15) is 5.56 Å². The van der Waals surface area contributed by atoms with E-state index in [1.54, 1.807) is 23.7 Å². The molecule has 1 aromatic heterocycles. The van der Waals surface area contributed by atoms with Gasteiger partial charge in [0.2, 0.25) is 0 Å². The summed E-state index contributed by atoms with van der Waals surface area (Å²) in [6.45, 7) is 1.67. The molecule has 0 bridgehead atoms. The van der Waals surface area contributed by atoms with Crippen molar-refractivity contribution in [2.75, 3.05) is 0 Å². The standard InChI is InChI=1S/C7H10BNO2/c1-8(11)9-4-2-7(6-9)3-5-10/h2,4-6,11H,3H2,1H3. The zero-order chi connectivity index (χ0) is 8.27. The van der Waals surface area contributed by atoms with Crippen molar-refractivity contribution in [3.8, 4) is 0 Å².